The number of amides is 1. The summed E-state index contributed by atoms with van der Waals surface area (Å²) >= 11 is 0. The maximum atomic E-state index is 12.9. The molecule has 0 radical (unpaired) electrons. The third-order valence-corrected chi connectivity index (χ3v) is 2.88. The Balaban J connectivity index is 2.60. The lowest BCUT2D eigenvalue weighted by atomic mass is 10.0. The van der Waals surface area contributed by atoms with E-state index in [2.05, 4.69) is 5.32 Å². The molecule has 4 nitrogen and oxygen atoms in total. The van der Waals surface area contributed by atoms with Gasteiger partial charge in [0, 0.05) is 6.04 Å². The monoisotopic (exact) mass is 271 g/mol. The number of rotatable bonds is 5. The minimum absolute atomic E-state index is 0.131. The molecule has 0 bridgehead atoms. The first-order valence-electron chi connectivity index (χ1n) is 5.77. The molecule has 0 spiro atoms. The van der Waals surface area contributed by atoms with Crippen LogP contribution in [0.2, 0.25) is 0 Å². The molecular weight excluding hydrogens is 256 g/mol. The lowest BCUT2D eigenvalue weighted by Gasteiger charge is -2.17. The van der Waals surface area contributed by atoms with Gasteiger partial charge >= 0.3 is 5.97 Å². The molecule has 19 heavy (non-hydrogen) atoms. The van der Waals surface area contributed by atoms with Crippen LogP contribution in [0.15, 0.2) is 18.2 Å². The molecule has 0 heterocycles. The van der Waals surface area contributed by atoms with E-state index in [0.717, 1.165) is 12.1 Å². The molecule has 0 aliphatic heterocycles. The van der Waals surface area contributed by atoms with Gasteiger partial charge in [0.15, 0.2) is 11.6 Å². The molecule has 1 aromatic carbocycles. The predicted octanol–water partition coefficient (Wildman–Crippen LogP) is 1.73. The van der Waals surface area contributed by atoms with Crippen molar-refractivity contribution in [2.75, 3.05) is 0 Å². The molecule has 2 N–H and O–H groups in total. The van der Waals surface area contributed by atoms with Gasteiger partial charge in [-0.25, -0.2) is 8.78 Å². The van der Waals surface area contributed by atoms with E-state index in [1.165, 1.54) is 13.0 Å². The Bertz CT molecular complexity index is 491. The standard InChI is InChI=1S/C13H15F2NO3/c1-7(13(18)19)8(2)16-12(17)6-9-3-4-10(14)11(15)5-9/h3-5,7-8H,6H2,1-2H3,(H,16,17)(H,18,19). The van der Waals surface area contributed by atoms with Gasteiger partial charge in [-0.1, -0.05) is 6.07 Å². The van der Waals surface area contributed by atoms with Crippen molar-refractivity contribution in [3.05, 3.63) is 35.4 Å². The van der Waals surface area contributed by atoms with Gasteiger partial charge in [-0.05, 0) is 31.5 Å². The van der Waals surface area contributed by atoms with E-state index in [1.54, 1.807) is 6.92 Å². The Kier molecular flexibility index (Phi) is 4.97. The average Bonchev–Trinajstić information content (AvgIpc) is 2.32. The second-order valence-electron chi connectivity index (χ2n) is 4.41. The molecule has 1 rings (SSSR count). The van der Waals surface area contributed by atoms with Gasteiger partial charge in [-0.2, -0.15) is 0 Å². The van der Waals surface area contributed by atoms with Crippen LogP contribution < -0.4 is 5.32 Å². The first kappa shape index (κ1) is 15.1. The van der Waals surface area contributed by atoms with E-state index in [-0.39, 0.29) is 6.42 Å². The van der Waals surface area contributed by atoms with Crippen molar-refractivity contribution in [1.82, 2.24) is 5.32 Å². The number of carbonyl (C=O) groups is 2. The Labute approximate surface area is 109 Å². The number of hydrogen-bond acceptors (Lipinski definition) is 2. The molecule has 2 unspecified atom stereocenters. The molecule has 0 saturated heterocycles. The van der Waals surface area contributed by atoms with Gasteiger partial charge in [0.05, 0.1) is 12.3 Å². The molecule has 0 aliphatic rings. The van der Waals surface area contributed by atoms with Gasteiger partial charge in [-0.15, -0.1) is 0 Å². The number of nitrogens with one attached hydrogen (secondary N) is 1. The Hall–Kier alpha value is -1.98. The van der Waals surface area contributed by atoms with Crippen molar-refractivity contribution in [3.63, 3.8) is 0 Å². The molecule has 2 atom stereocenters. The summed E-state index contributed by atoms with van der Waals surface area (Å²) in [5.74, 6) is -4.17. The van der Waals surface area contributed by atoms with Crippen molar-refractivity contribution in [2.45, 2.75) is 26.3 Å². The Morgan fingerprint density at radius 1 is 1.26 bits per heavy atom. The van der Waals surface area contributed by atoms with Gasteiger partial charge < -0.3 is 10.4 Å². The molecule has 1 amide bonds. The zero-order valence-corrected chi connectivity index (χ0v) is 10.6. The summed E-state index contributed by atoms with van der Waals surface area (Å²) in [5, 5.41) is 11.3. The zero-order valence-electron chi connectivity index (χ0n) is 10.6. The van der Waals surface area contributed by atoms with E-state index >= 15 is 0 Å². The molecule has 0 saturated carbocycles. The highest BCUT2D eigenvalue weighted by Crippen LogP contribution is 2.10. The quantitative estimate of drug-likeness (QED) is 0.857. The second-order valence-corrected chi connectivity index (χ2v) is 4.41. The number of aliphatic carboxylic acids is 1. The molecular formula is C13H15F2NO3. The Morgan fingerprint density at radius 3 is 2.42 bits per heavy atom. The van der Waals surface area contributed by atoms with E-state index < -0.39 is 35.5 Å². The highest BCUT2D eigenvalue weighted by Gasteiger charge is 2.21. The van der Waals surface area contributed by atoms with Crippen molar-refractivity contribution >= 4 is 11.9 Å². The normalized spacial score (nSPS) is 13.7. The van der Waals surface area contributed by atoms with Crippen LogP contribution in [0.1, 0.15) is 19.4 Å². The third-order valence-electron chi connectivity index (χ3n) is 2.88. The molecule has 104 valence electrons. The number of hydrogen-bond donors (Lipinski definition) is 2. The topological polar surface area (TPSA) is 66.4 Å². The SMILES string of the molecule is CC(NC(=O)Cc1ccc(F)c(F)c1)C(C)C(=O)O. The van der Waals surface area contributed by atoms with E-state index in [4.69, 9.17) is 5.11 Å². The van der Waals surface area contributed by atoms with Crippen LogP contribution >= 0.6 is 0 Å². The van der Waals surface area contributed by atoms with Crippen molar-refractivity contribution in [1.29, 1.82) is 0 Å². The van der Waals surface area contributed by atoms with E-state index in [0.29, 0.717) is 5.56 Å². The van der Waals surface area contributed by atoms with Gasteiger partial charge in [0.25, 0.3) is 0 Å². The summed E-state index contributed by atoms with van der Waals surface area (Å²) in [6, 6.07) is 2.65. The largest absolute Gasteiger partial charge is 0.481 e. The van der Waals surface area contributed by atoms with Gasteiger partial charge in [-0.3, -0.25) is 9.59 Å². The van der Waals surface area contributed by atoms with Crippen LogP contribution in [-0.4, -0.2) is 23.0 Å². The number of halogens is 2. The summed E-state index contributed by atoms with van der Waals surface area (Å²) in [6.07, 6.45) is -0.131. The summed E-state index contributed by atoms with van der Waals surface area (Å²) < 4.78 is 25.6. The fraction of sp³-hybridized carbons (Fsp3) is 0.385. The summed E-state index contributed by atoms with van der Waals surface area (Å²) in [6.45, 7) is 3.05. The lowest BCUT2D eigenvalue weighted by Crippen LogP contribution is -2.40. The number of benzene rings is 1. The number of carboxylic acids is 1. The highest BCUT2D eigenvalue weighted by atomic mass is 19.2. The molecule has 0 aromatic heterocycles. The fourth-order valence-corrected chi connectivity index (χ4v) is 1.48. The smallest absolute Gasteiger partial charge is 0.308 e. The molecule has 1 aromatic rings. The lowest BCUT2D eigenvalue weighted by molar-refractivity contribution is -0.142. The summed E-state index contributed by atoms with van der Waals surface area (Å²) in [7, 11) is 0. The van der Waals surface area contributed by atoms with Crippen molar-refractivity contribution < 1.29 is 23.5 Å². The Morgan fingerprint density at radius 2 is 1.89 bits per heavy atom. The maximum absolute atomic E-state index is 12.9. The fourth-order valence-electron chi connectivity index (χ4n) is 1.48. The van der Waals surface area contributed by atoms with Gasteiger partial charge in [0.2, 0.25) is 5.91 Å². The van der Waals surface area contributed by atoms with Crippen molar-refractivity contribution in [2.24, 2.45) is 5.92 Å². The third kappa shape index (κ3) is 4.31. The molecule has 6 heteroatoms. The van der Waals surface area contributed by atoms with Crippen LogP contribution in [0.3, 0.4) is 0 Å². The highest BCUT2D eigenvalue weighted by molar-refractivity contribution is 5.80. The predicted molar refractivity (Wildman–Crippen MR) is 64.5 cm³/mol. The van der Waals surface area contributed by atoms with Crippen molar-refractivity contribution in [3.8, 4) is 0 Å². The molecule has 0 fully saturated rings. The van der Waals surface area contributed by atoms with Crippen LogP contribution in [0, 0.1) is 17.6 Å². The second kappa shape index (κ2) is 6.26. The first-order chi connectivity index (χ1) is 8.81. The first-order valence-corrected chi connectivity index (χ1v) is 5.77. The minimum Gasteiger partial charge on any atom is -0.481 e. The zero-order chi connectivity index (χ0) is 14.6. The van der Waals surface area contributed by atoms with E-state index in [1.807, 2.05) is 0 Å². The van der Waals surface area contributed by atoms with Crippen LogP contribution in [0.5, 0.6) is 0 Å². The van der Waals surface area contributed by atoms with Crippen LogP contribution in [0.4, 0.5) is 8.78 Å². The average molecular weight is 271 g/mol. The summed E-state index contributed by atoms with van der Waals surface area (Å²) in [5.41, 5.74) is 0.326. The molecule has 0 aliphatic carbocycles. The van der Waals surface area contributed by atoms with Crippen LogP contribution in [-0.2, 0) is 16.0 Å². The summed E-state index contributed by atoms with van der Waals surface area (Å²) in [4.78, 5) is 22.3. The van der Waals surface area contributed by atoms with Crippen LogP contribution in [0.25, 0.3) is 0 Å². The minimum atomic E-state index is -1.02. The number of carboxylic acid groups (broad SMARTS) is 1. The maximum Gasteiger partial charge on any atom is 0.308 e. The number of carbonyl (C=O) groups excluding carboxylic acids is 1. The van der Waals surface area contributed by atoms with E-state index in [9.17, 15) is 18.4 Å². The van der Waals surface area contributed by atoms with Gasteiger partial charge in [0.1, 0.15) is 0 Å².